The Morgan fingerprint density at radius 2 is 1.77 bits per heavy atom. The van der Waals surface area contributed by atoms with Crippen LogP contribution in [-0.4, -0.2) is 49.9 Å². The molecule has 0 aromatic heterocycles. The maximum Gasteiger partial charge on any atom is 0.218 e. The van der Waals surface area contributed by atoms with Crippen molar-refractivity contribution in [3.63, 3.8) is 0 Å². The standard InChI is InChI=1S/C23H29FN2O3S/c1-29-22-10-9-20(15-21(22)24)16-25-13-5-11-23(25)12-6-14-26(18-23)30(27,28)17-19-7-3-2-4-8-19/h2-4,7-10,15H,5-6,11-14,16-18H2,1H3/t23-/m0/s1. The van der Waals surface area contributed by atoms with E-state index < -0.39 is 10.0 Å². The van der Waals surface area contributed by atoms with E-state index in [4.69, 9.17) is 4.74 Å². The molecule has 2 aromatic rings. The van der Waals surface area contributed by atoms with Gasteiger partial charge in [0.1, 0.15) is 0 Å². The Balaban J connectivity index is 1.50. The number of methoxy groups -OCH3 is 1. The van der Waals surface area contributed by atoms with Crippen LogP contribution < -0.4 is 4.74 Å². The first-order valence-electron chi connectivity index (χ1n) is 10.5. The third kappa shape index (κ3) is 4.38. The van der Waals surface area contributed by atoms with Gasteiger partial charge < -0.3 is 4.74 Å². The van der Waals surface area contributed by atoms with E-state index >= 15 is 0 Å². The molecule has 7 heteroatoms. The van der Waals surface area contributed by atoms with E-state index in [2.05, 4.69) is 4.90 Å². The first kappa shape index (κ1) is 21.3. The molecule has 1 atom stereocenters. The molecule has 30 heavy (non-hydrogen) atoms. The highest BCUT2D eigenvalue weighted by Crippen LogP contribution is 2.39. The lowest BCUT2D eigenvalue weighted by Crippen LogP contribution is -2.56. The summed E-state index contributed by atoms with van der Waals surface area (Å²) < 4.78 is 47.1. The molecule has 2 aliphatic heterocycles. The van der Waals surface area contributed by atoms with Crippen LogP contribution in [0.15, 0.2) is 48.5 Å². The number of rotatable bonds is 6. The first-order valence-corrected chi connectivity index (χ1v) is 12.1. The minimum Gasteiger partial charge on any atom is -0.494 e. The summed E-state index contributed by atoms with van der Waals surface area (Å²) in [7, 11) is -1.92. The minimum absolute atomic E-state index is 0.0353. The Morgan fingerprint density at radius 3 is 2.47 bits per heavy atom. The molecule has 0 bridgehead atoms. The average molecular weight is 433 g/mol. The van der Waals surface area contributed by atoms with Crippen LogP contribution in [0.1, 0.15) is 36.8 Å². The number of likely N-dealkylation sites (tertiary alicyclic amines) is 1. The summed E-state index contributed by atoms with van der Waals surface area (Å²) in [6, 6.07) is 14.4. The van der Waals surface area contributed by atoms with E-state index in [1.807, 2.05) is 36.4 Å². The molecule has 4 rings (SSSR count). The summed E-state index contributed by atoms with van der Waals surface area (Å²) in [6.45, 7) is 2.61. The number of hydrogen-bond acceptors (Lipinski definition) is 4. The van der Waals surface area contributed by atoms with Crippen molar-refractivity contribution in [2.45, 2.75) is 43.5 Å². The predicted octanol–water partition coefficient (Wildman–Crippen LogP) is 3.79. The molecule has 0 unspecified atom stereocenters. The fourth-order valence-corrected chi connectivity index (χ4v) is 6.56. The number of piperidine rings is 1. The van der Waals surface area contributed by atoms with Gasteiger partial charge in [0, 0.05) is 25.2 Å². The van der Waals surface area contributed by atoms with Gasteiger partial charge in [-0.1, -0.05) is 36.4 Å². The highest BCUT2D eigenvalue weighted by atomic mass is 32.2. The molecule has 0 N–H and O–H groups in total. The number of benzene rings is 2. The molecule has 2 aliphatic rings. The maximum atomic E-state index is 14.2. The van der Waals surface area contributed by atoms with Gasteiger partial charge in [-0.05, 0) is 55.5 Å². The van der Waals surface area contributed by atoms with Crippen LogP contribution in [0.25, 0.3) is 0 Å². The lowest BCUT2D eigenvalue weighted by Gasteiger charge is -2.45. The van der Waals surface area contributed by atoms with Gasteiger partial charge in [-0.25, -0.2) is 12.8 Å². The molecule has 2 heterocycles. The van der Waals surface area contributed by atoms with Crippen molar-refractivity contribution in [3.05, 3.63) is 65.5 Å². The Kier molecular flexibility index (Phi) is 6.14. The second-order valence-electron chi connectivity index (χ2n) is 8.40. The zero-order valence-electron chi connectivity index (χ0n) is 17.4. The van der Waals surface area contributed by atoms with Crippen LogP contribution in [0.5, 0.6) is 5.75 Å². The van der Waals surface area contributed by atoms with Crippen molar-refractivity contribution < 1.29 is 17.5 Å². The predicted molar refractivity (Wildman–Crippen MR) is 115 cm³/mol. The third-order valence-electron chi connectivity index (χ3n) is 6.44. The van der Waals surface area contributed by atoms with E-state index in [-0.39, 0.29) is 22.9 Å². The van der Waals surface area contributed by atoms with Gasteiger partial charge in [-0.15, -0.1) is 0 Å². The minimum atomic E-state index is -3.38. The van der Waals surface area contributed by atoms with Crippen molar-refractivity contribution in [1.82, 2.24) is 9.21 Å². The lowest BCUT2D eigenvalue weighted by atomic mass is 9.87. The molecule has 0 aliphatic carbocycles. The first-order chi connectivity index (χ1) is 14.4. The van der Waals surface area contributed by atoms with Crippen molar-refractivity contribution in [3.8, 4) is 5.75 Å². The molecule has 2 saturated heterocycles. The number of hydrogen-bond donors (Lipinski definition) is 0. The summed E-state index contributed by atoms with van der Waals surface area (Å²) in [6.07, 6.45) is 3.83. The Hall–Kier alpha value is -1.96. The van der Waals surface area contributed by atoms with Crippen LogP contribution >= 0.6 is 0 Å². The van der Waals surface area contributed by atoms with E-state index in [0.29, 0.717) is 19.6 Å². The number of ether oxygens (including phenoxy) is 1. The van der Waals surface area contributed by atoms with E-state index in [9.17, 15) is 12.8 Å². The SMILES string of the molecule is COc1ccc(CN2CCC[C@@]23CCCN(S(=O)(=O)Cc2ccccc2)C3)cc1F. The molecule has 2 aromatic carbocycles. The lowest BCUT2D eigenvalue weighted by molar-refractivity contribution is 0.0678. The molecular formula is C23H29FN2O3S. The topological polar surface area (TPSA) is 49.9 Å². The molecule has 0 amide bonds. The summed E-state index contributed by atoms with van der Waals surface area (Å²) in [5.74, 6) is -0.0853. The fourth-order valence-electron chi connectivity index (χ4n) is 4.92. The molecular weight excluding hydrogens is 403 g/mol. The van der Waals surface area contributed by atoms with Gasteiger partial charge in [0.05, 0.1) is 12.9 Å². The maximum absolute atomic E-state index is 14.2. The summed E-state index contributed by atoms with van der Waals surface area (Å²) in [4.78, 5) is 2.36. The smallest absolute Gasteiger partial charge is 0.218 e. The number of sulfonamides is 1. The third-order valence-corrected chi connectivity index (χ3v) is 8.23. The number of nitrogens with zero attached hydrogens (tertiary/aromatic N) is 2. The van der Waals surface area contributed by atoms with Gasteiger partial charge in [0.15, 0.2) is 11.6 Å². The van der Waals surface area contributed by atoms with Crippen LogP contribution in [0.4, 0.5) is 4.39 Å². The average Bonchev–Trinajstić information content (AvgIpc) is 3.10. The van der Waals surface area contributed by atoms with Crippen molar-refractivity contribution in [2.24, 2.45) is 0 Å². The normalized spacial score (nSPS) is 23.1. The highest BCUT2D eigenvalue weighted by molar-refractivity contribution is 7.88. The molecule has 5 nitrogen and oxygen atoms in total. The van der Waals surface area contributed by atoms with Crippen molar-refractivity contribution in [2.75, 3.05) is 26.7 Å². The van der Waals surface area contributed by atoms with Crippen LogP contribution in [-0.2, 0) is 22.3 Å². The highest BCUT2D eigenvalue weighted by Gasteiger charge is 2.46. The second-order valence-corrected chi connectivity index (χ2v) is 10.4. The van der Waals surface area contributed by atoms with Crippen molar-refractivity contribution in [1.29, 1.82) is 0 Å². The van der Waals surface area contributed by atoms with Crippen LogP contribution in [0.2, 0.25) is 0 Å². The zero-order chi connectivity index (χ0) is 21.2. The monoisotopic (exact) mass is 432 g/mol. The summed E-state index contributed by atoms with van der Waals surface area (Å²) in [5, 5.41) is 0. The van der Waals surface area contributed by atoms with Gasteiger partial charge in [-0.3, -0.25) is 4.90 Å². The molecule has 0 saturated carbocycles. The van der Waals surface area contributed by atoms with E-state index in [1.165, 1.54) is 13.2 Å². The Bertz CT molecular complexity index is 983. The quantitative estimate of drug-likeness (QED) is 0.697. The fraction of sp³-hybridized carbons (Fsp3) is 0.478. The van der Waals surface area contributed by atoms with Crippen LogP contribution in [0, 0.1) is 5.82 Å². The Morgan fingerprint density at radius 1 is 1.03 bits per heavy atom. The van der Waals surface area contributed by atoms with Gasteiger partial charge in [0.2, 0.25) is 10.0 Å². The van der Waals surface area contributed by atoms with Crippen LogP contribution in [0.3, 0.4) is 0 Å². The van der Waals surface area contributed by atoms with Gasteiger partial charge in [0.25, 0.3) is 0 Å². The number of halogens is 1. The second kappa shape index (κ2) is 8.65. The van der Waals surface area contributed by atoms with Crippen molar-refractivity contribution >= 4 is 10.0 Å². The summed E-state index contributed by atoms with van der Waals surface area (Å²) >= 11 is 0. The Labute approximate surface area is 178 Å². The summed E-state index contributed by atoms with van der Waals surface area (Å²) in [5.41, 5.74) is 1.53. The zero-order valence-corrected chi connectivity index (χ0v) is 18.2. The molecule has 162 valence electrons. The largest absolute Gasteiger partial charge is 0.494 e. The van der Waals surface area contributed by atoms with E-state index in [1.54, 1.807) is 10.4 Å². The molecule has 2 fully saturated rings. The van der Waals surface area contributed by atoms with E-state index in [0.717, 1.165) is 43.4 Å². The molecule has 0 radical (unpaired) electrons. The van der Waals surface area contributed by atoms with Gasteiger partial charge in [-0.2, -0.15) is 4.31 Å². The molecule has 1 spiro atoms. The van der Waals surface area contributed by atoms with Gasteiger partial charge >= 0.3 is 0 Å².